The van der Waals surface area contributed by atoms with Gasteiger partial charge in [0.15, 0.2) is 0 Å². The number of carbonyl (C=O) groups is 1. The maximum Gasteiger partial charge on any atom is 0.303 e. The molecule has 1 aliphatic rings. The second-order valence-electron chi connectivity index (χ2n) is 4.55. The van der Waals surface area contributed by atoms with E-state index in [0.29, 0.717) is 17.9 Å². The summed E-state index contributed by atoms with van der Waals surface area (Å²) in [7, 11) is 0. The standard InChI is InChI=1S/C10H19NO2/c1-10(2)7-8(10)11-6-4-3-5-9(12)13/h8,11H,3-7H2,1-2H3,(H,12,13). The highest BCUT2D eigenvalue weighted by Gasteiger charge is 2.44. The molecular weight excluding hydrogens is 166 g/mol. The molecule has 0 bridgehead atoms. The molecule has 0 heterocycles. The molecule has 0 aliphatic heterocycles. The highest BCUT2D eigenvalue weighted by Crippen LogP contribution is 2.44. The van der Waals surface area contributed by atoms with Gasteiger partial charge in [-0.3, -0.25) is 4.79 Å². The molecule has 0 aromatic heterocycles. The van der Waals surface area contributed by atoms with Gasteiger partial charge in [0.2, 0.25) is 0 Å². The zero-order chi connectivity index (χ0) is 9.90. The van der Waals surface area contributed by atoms with E-state index in [4.69, 9.17) is 5.11 Å². The minimum Gasteiger partial charge on any atom is -0.481 e. The molecule has 2 N–H and O–H groups in total. The van der Waals surface area contributed by atoms with Crippen molar-refractivity contribution in [2.75, 3.05) is 6.54 Å². The van der Waals surface area contributed by atoms with E-state index in [-0.39, 0.29) is 0 Å². The normalized spacial score (nSPS) is 24.3. The Kier molecular flexibility index (Phi) is 3.31. The molecule has 0 radical (unpaired) electrons. The van der Waals surface area contributed by atoms with Crippen LogP contribution in [0.1, 0.15) is 39.5 Å². The third kappa shape index (κ3) is 3.77. The van der Waals surface area contributed by atoms with Crippen LogP contribution < -0.4 is 5.32 Å². The van der Waals surface area contributed by atoms with Crippen molar-refractivity contribution in [2.24, 2.45) is 5.41 Å². The predicted octanol–water partition coefficient (Wildman–Crippen LogP) is 1.63. The van der Waals surface area contributed by atoms with Crippen LogP contribution in [0.5, 0.6) is 0 Å². The van der Waals surface area contributed by atoms with Crippen LogP contribution in [0.3, 0.4) is 0 Å². The maximum absolute atomic E-state index is 10.2. The zero-order valence-electron chi connectivity index (χ0n) is 8.47. The first-order chi connectivity index (χ1) is 6.02. The van der Waals surface area contributed by atoms with Crippen LogP contribution in [-0.2, 0) is 4.79 Å². The van der Waals surface area contributed by atoms with Gasteiger partial charge in [0.05, 0.1) is 0 Å². The van der Waals surface area contributed by atoms with Crippen LogP contribution >= 0.6 is 0 Å². The van der Waals surface area contributed by atoms with E-state index in [1.807, 2.05) is 0 Å². The average Bonchev–Trinajstić information content (AvgIpc) is 2.58. The van der Waals surface area contributed by atoms with Crippen LogP contribution in [-0.4, -0.2) is 23.7 Å². The topological polar surface area (TPSA) is 49.3 Å². The molecule has 3 nitrogen and oxygen atoms in total. The first kappa shape index (κ1) is 10.5. The summed E-state index contributed by atoms with van der Waals surface area (Å²) in [4.78, 5) is 10.2. The number of aliphatic carboxylic acids is 1. The van der Waals surface area contributed by atoms with Crippen molar-refractivity contribution in [1.82, 2.24) is 5.32 Å². The van der Waals surface area contributed by atoms with Crippen LogP contribution in [0.25, 0.3) is 0 Å². The fourth-order valence-electron chi connectivity index (χ4n) is 1.49. The van der Waals surface area contributed by atoms with E-state index >= 15 is 0 Å². The molecule has 0 aromatic rings. The maximum atomic E-state index is 10.2. The third-order valence-corrected chi connectivity index (χ3v) is 2.72. The van der Waals surface area contributed by atoms with E-state index in [2.05, 4.69) is 19.2 Å². The van der Waals surface area contributed by atoms with Gasteiger partial charge in [-0.15, -0.1) is 0 Å². The van der Waals surface area contributed by atoms with E-state index in [9.17, 15) is 4.79 Å². The lowest BCUT2D eigenvalue weighted by molar-refractivity contribution is -0.137. The smallest absolute Gasteiger partial charge is 0.303 e. The molecule has 1 saturated carbocycles. The summed E-state index contributed by atoms with van der Waals surface area (Å²) in [5.74, 6) is -0.688. The van der Waals surface area contributed by atoms with Gasteiger partial charge in [-0.1, -0.05) is 13.8 Å². The molecule has 0 aromatic carbocycles. The first-order valence-corrected chi connectivity index (χ1v) is 4.97. The quantitative estimate of drug-likeness (QED) is 0.618. The van der Waals surface area contributed by atoms with Crippen LogP contribution in [0.4, 0.5) is 0 Å². The Bertz CT molecular complexity index is 189. The van der Waals surface area contributed by atoms with Gasteiger partial charge in [0, 0.05) is 12.5 Å². The summed E-state index contributed by atoms with van der Waals surface area (Å²) in [6.07, 6.45) is 3.32. The van der Waals surface area contributed by atoms with Crippen molar-refractivity contribution in [3.8, 4) is 0 Å². The minimum absolute atomic E-state index is 0.301. The van der Waals surface area contributed by atoms with Gasteiger partial charge in [-0.2, -0.15) is 0 Å². The van der Waals surface area contributed by atoms with Gasteiger partial charge < -0.3 is 10.4 Å². The molecule has 1 fully saturated rings. The van der Waals surface area contributed by atoms with Crippen molar-refractivity contribution in [2.45, 2.75) is 45.6 Å². The summed E-state index contributed by atoms with van der Waals surface area (Å²) < 4.78 is 0. The molecule has 1 rings (SSSR count). The Labute approximate surface area is 79.5 Å². The lowest BCUT2D eigenvalue weighted by atomic mass is 10.2. The largest absolute Gasteiger partial charge is 0.481 e. The van der Waals surface area contributed by atoms with E-state index in [1.54, 1.807) is 0 Å². The summed E-state index contributed by atoms with van der Waals surface area (Å²) >= 11 is 0. The second-order valence-corrected chi connectivity index (χ2v) is 4.55. The van der Waals surface area contributed by atoms with Gasteiger partial charge in [-0.05, 0) is 31.2 Å². The number of nitrogens with one attached hydrogen (secondary N) is 1. The summed E-state index contributed by atoms with van der Waals surface area (Å²) in [6, 6.07) is 0.664. The Morgan fingerprint density at radius 2 is 2.15 bits per heavy atom. The molecule has 1 atom stereocenters. The van der Waals surface area contributed by atoms with Gasteiger partial charge in [-0.25, -0.2) is 0 Å². The van der Waals surface area contributed by atoms with Crippen molar-refractivity contribution in [3.05, 3.63) is 0 Å². The molecule has 1 unspecified atom stereocenters. The first-order valence-electron chi connectivity index (χ1n) is 4.97. The molecule has 0 amide bonds. The fourth-order valence-corrected chi connectivity index (χ4v) is 1.49. The van der Waals surface area contributed by atoms with Gasteiger partial charge >= 0.3 is 5.97 Å². The van der Waals surface area contributed by atoms with Crippen molar-refractivity contribution in [1.29, 1.82) is 0 Å². The Balaban J connectivity index is 1.88. The van der Waals surface area contributed by atoms with Gasteiger partial charge in [0.1, 0.15) is 0 Å². The molecule has 0 spiro atoms. The molecule has 1 aliphatic carbocycles. The third-order valence-electron chi connectivity index (χ3n) is 2.72. The predicted molar refractivity (Wildman–Crippen MR) is 51.7 cm³/mol. The van der Waals surface area contributed by atoms with Crippen molar-refractivity contribution in [3.63, 3.8) is 0 Å². The number of unbranched alkanes of at least 4 members (excludes halogenated alkanes) is 1. The van der Waals surface area contributed by atoms with Crippen molar-refractivity contribution >= 4 is 5.97 Å². The fraction of sp³-hybridized carbons (Fsp3) is 0.900. The molecule has 76 valence electrons. The summed E-state index contributed by atoms with van der Waals surface area (Å²) in [5.41, 5.74) is 0.479. The molecule has 13 heavy (non-hydrogen) atoms. The molecule has 0 saturated heterocycles. The van der Waals surface area contributed by atoms with Crippen molar-refractivity contribution < 1.29 is 9.90 Å². The summed E-state index contributed by atoms with van der Waals surface area (Å²) in [5, 5.41) is 11.8. The highest BCUT2D eigenvalue weighted by molar-refractivity contribution is 5.66. The van der Waals surface area contributed by atoms with Crippen LogP contribution in [0.15, 0.2) is 0 Å². The van der Waals surface area contributed by atoms with Crippen LogP contribution in [0.2, 0.25) is 0 Å². The number of hydrogen-bond donors (Lipinski definition) is 2. The average molecular weight is 185 g/mol. The zero-order valence-corrected chi connectivity index (χ0v) is 8.47. The number of hydrogen-bond acceptors (Lipinski definition) is 2. The minimum atomic E-state index is -0.688. The monoisotopic (exact) mass is 185 g/mol. The second kappa shape index (κ2) is 4.09. The van der Waals surface area contributed by atoms with Crippen LogP contribution in [0, 0.1) is 5.41 Å². The Morgan fingerprint density at radius 1 is 1.54 bits per heavy atom. The highest BCUT2D eigenvalue weighted by atomic mass is 16.4. The number of carboxylic acids is 1. The number of carboxylic acid groups (broad SMARTS) is 1. The Hall–Kier alpha value is -0.570. The Morgan fingerprint density at radius 3 is 2.62 bits per heavy atom. The molecule has 3 heteroatoms. The lowest BCUT2D eigenvalue weighted by Gasteiger charge is -2.05. The summed E-state index contributed by atoms with van der Waals surface area (Å²) in [6.45, 7) is 5.46. The van der Waals surface area contributed by atoms with Gasteiger partial charge in [0.25, 0.3) is 0 Å². The molecular formula is C10H19NO2. The van der Waals surface area contributed by atoms with E-state index in [1.165, 1.54) is 6.42 Å². The SMILES string of the molecule is CC1(C)CC1NCCCCC(=O)O. The van der Waals surface area contributed by atoms with E-state index in [0.717, 1.165) is 19.4 Å². The number of rotatable bonds is 6. The van der Waals surface area contributed by atoms with E-state index < -0.39 is 5.97 Å². The lowest BCUT2D eigenvalue weighted by Crippen LogP contribution is -2.21.